The van der Waals surface area contributed by atoms with Gasteiger partial charge in [0.1, 0.15) is 11.6 Å². The molecule has 32 heavy (non-hydrogen) atoms. The van der Waals surface area contributed by atoms with Gasteiger partial charge in [-0.1, -0.05) is 35.9 Å². The lowest BCUT2D eigenvalue weighted by molar-refractivity contribution is -0.116. The second-order valence-corrected chi connectivity index (χ2v) is 7.93. The summed E-state index contributed by atoms with van der Waals surface area (Å²) in [4.78, 5) is 17.2. The molecule has 1 aliphatic heterocycles. The van der Waals surface area contributed by atoms with E-state index in [9.17, 15) is 4.79 Å². The van der Waals surface area contributed by atoms with Gasteiger partial charge in [0.25, 0.3) is 5.95 Å². The summed E-state index contributed by atoms with van der Waals surface area (Å²) in [6.45, 7) is 1.91. The fourth-order valence-electron chi connectivity index (χ4n) is 3.98. The van der Waals surface area contributed by atoms with E-state index >= 15 is 0 Å². The Bertz CT molecular complexity index is 1320. The molecule has 9 heteroatoms. The second kappa shape index (κ2) is 8.05. The monoisotopic (exact) mass is 446 g/mol. The number of benzene rings is 2. The molecule has 0 radical (unpaired) electrons. The molecule has 2 aromatic heterocycles. The van der Waals surface area contributed by atoms with E-state index in [1.807, 2.05) is 55.5 Å². The van der Waals surface area contributed by atoms with Crippen LogP contribution in [0.4, 0.5) is 5.82 Å². The molecule has 0 fully saturated rings. The third-order valence-electron chi connectivity index (χ3n) is 5.48. The first-order chi connectivity index (χ1) is 15.5. The molecule has 0 spiro atoms. The van der Waals surface area contributed by atoms with Crippen LogP contribution in [0.15, 0.2) is 54.7 Å². The summed E-state index contributed by atoms with van der Waals surface area (Å²) in [7, 11) is 1.61. The van der Waals surface area contributed by atoms with E-state index in [0.717, 1.165) is 22.4 Å². The summed E-state index contributed by atoms with van der Waals surface area (Å²) >= 11 is 6.05. The van der Waals surface area contributed by atoms with Crippen LogP contribution in [-0.2, 0) is 4.79 Å². The zero-order chi connectivity index (χ0) is 22.2. The minimum absolute atomic E-state index is 0.101. The third kappa shape index (κ3) is 3.58. The van der Waals surface area contributed by atoms with Crippen LogP contribution in [0.25, 0.3) is 17.2 Å². The Kier molecular flexibility index (Phi) is 5.07. The Morgan fingerprint density at radius 2 is 2.00 bits per heavy atom. The van der Waals surface area contributed by atoms with Gasteiger partial charge in [-0.15, -0.1) is 5.10 Å². The van der Waals surface area contributed by atoms with E-state index in [1.54, 1.807) is 18.0 Å². The summed E-state index contributed by atoms with van der Waals surface area (Å²) < 4.78 is 6.85. The molecule has 0 saturated carbocycles. The van der Waals surface area contributed by atoms with Crippen molar-refractivity contribution in [3.63, 3.8) is 0 Å². The highest BCUT2D eigenvalue weighted by atomic mass is 35.5. The molecule has 0 saturated heterocycles. The van der Waals surface area contributed by atoms with Crippen molar-refractivity contribution in [3.8, 4) is 23.0 Å². The van der Waals surface area contributed by atoms with Gasteiger partial charge in [0.2, 0.25) is 5.91 Å². The molecule has 4 aromatic rings. The lowest BCUT2D eigenvalue weighted by atomic mass is 9.86. The standard InChI is InChI=1S/C23H19ClN6O2/c1-13-21-18(14-6-8-16(24)9-7-14)11-20(31)27-22(21)30(29-13)23-26-19(12-25-28-23)15-4-3-5-17(10-15)32-2/h3-10,12,18H,11H2,1-2H3,(H,27,31). The number of aromatic nitrogens is 5. The van der Waals surface area contributed by atoms with Gasteiger partial charge in [0.05, 0.1) is 24.7 Å². The third-order valence-corrected chi connectivity index (χ3v) is 5.73. The first-order valence-electron chi connectivity index (χ1n) is 10.0. The van der Waals surface area contributed by atoms with E-state index in [4.69, 9.17) is 16.3 Å². The summed E-state index contributed by atoms with van der Waals surface area (Å²) in [5.41, 5.74) is 4.17. The Morgan fingerprint density at radius 1 is 1.19 bits per heavy atom. The van der Waals surface area contributed by atoms with E-state index in [2.05, 4.69) is 25.6 Å². The highest BCUT2D eigenvalue weighted by molar-refractivity contribution is 6.30. The summed E-state index contributed by atoms with van der Waals surface area (Å²) in [6.07, 6.45) is 1.90. The number of hydrogen-bond donors (Lipinski definition) is 1. The van der Waals surface area contributed by atoms with Crippen molar-refractivity contribution in [2.75, 3.05) is 12.4 Å². The number of methoxy groups -OCH3 is 1. The van der Waals surface area contributed by atoms with Gasteiger partial charge in [-0.05, 0) is 36.8 Å². The van der Waals surface area contributed by atoms with Crippen molar-refractivity contribution in [1.29, 1.82) is 0 Å². The van der Waals surface area contributed by atoms with Crippen LogP contribution in [-0.4, -0.2) is 38.0 Å². The average molecular weight is 447 g/mol. The number of aryl methyl sites for hydroxylation is 1. The number of amides is 1. The summed E-state index contributed by atoms with van der Waals surface area (Å²) in [5.74, 6) is 1.30. The minimum atomic E-state index is -0.140. The van der Waals surface area contributed by atoms with Crippen LogP contribution >= 0.6 is 11.6 Å². The topological polar surface area (TPSA) is 94.8 Å². The Morgan fingerprint density at radius 3 is 2.78 bits per heavy atom. The predicted octanol–water partition coefficient (Wildman–Crippen LogP) is 4.17. The first kappa shape index (κ1) is 20.1. The zero-order valence-electron chi connectivity index (χ0n) is 17.4. The number of carbonyl (C=O) groups excluding carboxylic acids is 1. The second-order valence-electron chi connectivity index (χ2n) is 7.49. The molecule has 8 nitrogen and oxygen atoms in total. The maximum atomic E-state index is 12.6. The highest BCUT2D eigenvalue weighted by Gasteiger charge is 2.33. The van der Waals surface area contributed by atoms with E-state index in [-0.39, 0.29) is 17.8 Å². The van der Waals surface area contributed by atoms with Gasteiger partial charge in [-0.2, -0.15) is 14.9 Å². The maximum absolute atomic E-state index is 12.6. The average Bonchev–Trinajstić information content (AvgIpc) is 3.15. The maximum Gasteiger partial charge on any atom is 0.272 e. The van der Waals surface area contributed by atoms with Gasteiger partial charge in [-0.25, -0.2) is 4.98 Å². The van der Waals surface area contributed by atoms with Gasteiger partial charge in [0.15, 0.2) is 0 Å². The summed E-state index contributed by atoms with van der Waals surface area (Å²) in [6, 6.07) is 15.1. The lowest BCUT2D eigenvalue weighted by Crippen LogP contribution is -2.25. The van der Waals surface area contributed by atoms with Crippen LogP contribution in [0.2, 0.25) is 5.02 Å². The number of ether oxygens (including phenoxy) is 1. The molecule has 1 unspecified atom stereocenters. The van der Waals surface area contributed by atoms with E-state index < -0.39 is 0 Å². The van der Waals surface area contributed by atoms with Crippen molar-refractivity contribution in [2.24, 2.45) is 0 Å². The molecule has 0 aliphatic carbocycles. The van der Waals surface area contributed by atoms with Crippen molar-refractivity contribution < 1.29 is 9.53 Å². The molecular formula is C23H19ClN6O2. The SMILES string of the molecule is COc1cccc(-c2cnnc(-n3nc(C)c4c3NC(=O)CC4c3ccc(Cl)cc3)n2)c1. The van der Waals surface area contributed by atoms with Crippen LogP contribution in [0.3, 0.4) is 0 Å². The van der Waals surface area contributed by atoms with Gasteiger partial charge >= 0.3 is 0 Å². The van der Waals surface area contributed by atoms with Gasteiger partial charge in [-0.3, -0.25) is 4.79 Å². The zero-order valence-corrected chi connectivity index (χ0v) is 18.2. The van der Waals surface area contributed by atoms with Crippen LogP contribution < -0.4 is 10.1 Å². The fourth-order valence-corrected chi connectivity index (χ4v) is 4.10. The molecule has 1 amide bonds. The number of fused-ring (bicyclic) bond motifs is 1. The first-order valence-corrected chi connectivity index (χ1v) is 10.4. The van der Waals surface area contributed by atoms with E-state index in [1.165, 1.54) is 0 Å². The Balaban J connectivity index is 1.60. The molecule has 5 rings (SSSR count). The van der Waals surface area contributed by atoms with Gasteiger partial charge < -0.3 is 10.1 Å². The van der Waals surface area contributed by atoms with Crippen molar-refractivity contribution in [1.82, 2.24) is 25.0 Å². The number of anilines is 1. The van der Waals surface area contributed by atoms with Crippen molar-refractivity contribution in [3.05, 3.63) is 76.6 Å². The molecule has 3 heterocycles. The molecule has 160 valence electrons. The van der Waals surface area contributed by atoms with Crippen LogP contribution in [0.1, 0.15) is 29.2 Å². The van der Waals surface area contributed by atoms with Crippen molar-refractivity contribution in [2.45, 2.75) is 19.3 Å². The molecule has 1 aliphatic rings. The normalized spacial score (nSPS) is 15.2. The van der Waals surface area contributed by atoms with Crippen molar-refractivity contribution >= 4 is 23.3 Å². The minimum Gasteiger partial charge on any atom is -0.497 e. The smallest absolute Gasteiger partial charge is 0.272 e. The largest absolute Gasteiger partial charge is 0.497 e. The molecule has 1 N–H and O–H groups in total. The lowest BCUT2D eigenvalue weighted by Gasteiger charge is -2.24. The molecule has 1 atom stereocenters. The summed E-state index contributed by atoms with van der Waals surface area (Å²) in [5, 5.41) is 16.5. The number of nitrogens with zero attached hydrogens (tertiary/aromatic N) is 5. The Hall–Kier alpha value is -3.78. The number of hydrogen-bond acceptors (Lipinski definition) is 6. The Labute approximate surface area is 189 Å². The van der Waals surface area contributed by atoms with Crippen LogP contribution in [0.5, 0.6) is 5.75 Å². The molecule has 2 aromatic carbocycles. The fraction of sp³-hybridized carbons (Fsp3) is 0.174. The predicted molar refractivity (Wildman–Crippen MR) is 120 cm³/mol. The van der Waals surface area contributed by atoms with Gasteiger partial charge in [0, 0.05) is 28.5 Å². The number of halogens is 1. The number of rotatable bonds is 4. The quantitative estimate of drug-likeness (QED) is 0.505. The molecular weight excluding hydrogens is 428 g/mol. The number of carbonyl (C=O) groups is 1. The highest BCUT2D eigenvalue weighted by Crippen LogP contribution is 2.40. The molecule has 0 bridgehead atoms. The van der Waals surface area contributed by atoms with Crippen LogP contribution in [0, 0.1) is 6.92 Å². The van der Waals surface area contributed by atoms with E-state index in [0.29, 0.717) is 28.7 Å². The number of nitrogens with one attached hydrogen (secondary N) is 1.